The Bertz CT molecular complexity index is 837. The second kappa shape index (κ2) is 9.36. The number of thiophene rings is 1. The Hall–Kier alpha value is -2.87. The number of amides is 2. The van der Waals surface area contributed by atoms with Crippen molar-refractivity contribution in [3.8, 4) is 5.75 Å². The Labute approximate surface area is 167 Å². The first-order valence-electron chi connectivity index (χ1n) is 9.00. The van der Waals surface area contributed by atoms with E-state index in [1.165, 1.54) is 16.2 Å². The highest BCUT2D eigenvalue weighted by Crippen LogP contribution is 2.23. The fraction of sp³-hybridized carbons (Fsp3) is 0.350. The highest BCUT2D eigenvalue weighted by atomic mass is 32.1. The number of carbonyl (C=O) groups is 3. The summed E-state index contributed by atoms with van der Waals surface area (Å²) in [4.78, 5) is 39.1. The minimum Gasteiger partial charge on any atom is -0.496 e. The lowest BCUT2D eigenvalue weighted by atomic mass is 10.2. The third-order valence-corrected chi connectivity index (χ3v) is 5.39. The predicted octanol–water partition coefficient (Wildman–Crippen LogP) is 2.22. The van der Waals surface area contributed by atoms with Crippen LogP contribution in [-0.4, -0.2) is 49.0 Å². The van der Waals surface area contributed by atoms with Crippen molar-refractivity contribution in [1.82, 2.24) is 10.2 Å². The van der Waals surface area contributed by atoms with Gasteiger partial charge in [0.1, 0.15) is 11.8 Å². The van der Waals surface area contributed by atoms with Crippen molar-refractivity contribution in [1.29, 1.82) is 0 Å². The number of hydrogen-bond acceptors (Lipinski definition) is 6. The topological polar surface area (TPSA) is 84.9 Å². The molecule has 0 radical (unpaired) electrons. The third-order valence-electron chi connectivity index (χ3n) is 4.53. The zero-order valence-corrected chi connectivity index (χ0v) is 16.4. The van der Waals surface area contributed by atoms with Gasteiger partial charge < -0.3 is 19.7 Å². The number of rotatable bonds is 7. The first kappa shape index (κ1) is 19.9. The maximum absolute atomic E-state index is 12.5. The van der Waals surface area contributed by atoms with E-state index in [1.54, 1.807) is 25.3 Å². The molecule has 3 rings (SSSR count). The fourth-order valence-electron chi connectivity index (χ4n) is 3.12. The minimum absolute atomic E-state index is 0.171. The van der Waals surface area contributed by atoms with E-state index in [4.69, 9.17) is 9.47 Å². The van der Waals surface area contributed by atoms with E-state index in [0.717, 1.165) is 12.0 Å². The number of nitrogens with zero attached hydrogens (tertiary/aromatic N) is 1. The van der Waals surface area contributed by atoms with Crippen LogP contribution in [0, 0.1) is 0 Å². The molecule has 1 aromatic carbocycles. The van der Waals surface area contributed by atoms with Crippen molar-refractivity contribution < 1.29 is 23.9 Å². The number of carbonyl (C=O) groups excluding carboxylic acids is 3. The number of ether oxygens (including phenoxy) is 2. The summed E-state index contributed by atoms with van der Waals surface area (Å²) in [5, 5.41) is 4.52. The number of benzene rings is 1. The van der Waals surface area contributed by atoms with Gasteiger partial charge in [0.25, 0.3) is 11.8 Å². The Kier molecular flexibility index (Phi) is 6.65. The molecule has 1 N–H and O–H groups in total. The van der Waals surface area contributed by atoms with Gasteiger partial charge in [0, 0.05) is 18.7 Å². The van der Waals surface area contributed by atoms with Crippen LogP contribution in [0.4, 0.5) is 0 Å². The van der Waals surface area contributed by atoms with Crippen molar-refractivity contribution in [2.75, 3.05) is 20.3 Å². The molecule has 0 aliphatic carbocycles. The molecule has 2 aromatic rings. The van der Waals surface area contributed by atoms with Gasteiger partial charge >= 0.3 is 5.97 Å². The van der Waals surface area contributed by atoms with Crippen LogP contribution in [0.15, 0.2) is 41.8 Å². The van der Waals surface area contributed by atoms with E-state index in [0.29, 0.717) is 23.6 Å². The summed E-state index contributed by atoms with van der Waals surface area (Å²) in [5.41, 5.74) is 0.827. The molecular weight excluding hydrogens is 380 g/mol. The number of likely N-dealkylation sites (tertiary alicyclic amines) is 1. The molecule has 1 aliphatic rings. The number of esters is 1. The SMILES string of the molecule is COc1ccccc1CNC(=O)COC(=O)[C@@H]1CCCN1C(=O)c1cccs1. The number of para-hydroxylation sites is 1. The van der Waals surface area contributed by atoms with Gasteiger partial charge in [0.2, 0.25) is 0 Å². The molecule has 0 unspecified atom stereocenters. The molecule has 8 heteroatoms. The van der Waals surface area contributed by atoms with E-state index in [9.17, 15) is 14.4 Å². The summed E-state index contributed by atoms with van der Waals surface area (Å²) >= 11 is 1.34. The molecule has 7 nitrogen and oxygen atoms in total. The van der Waals surface area contributed by atoms with Crippen LogP contribution >= 0.6 is 11.3 Å². The Morgan fingerprint density at radius 3 is 2.79 bits per heavy atom. The van der Waals surface area contributed by atoms with E-state index in [1.807, 2.05) is 23.6 Å². The van der Waals surface area contributed by atoms with Crippen molar-refractivity contribution in [3.63, 3.8) is 0 Å². The monoisotopic (exact) mass is 402 g/mol. The number of hydrogen-bond donors (Lipinski definition) is 1. The fourth-order valence-corrected chi connectivity index (χ4v) is 3.80. The molecule has 0 spiro atoms. The van der Waals surface area contributed by atoms with E-state index in [2.05, 4.69) is 5.32 Å². The second-order valence-electron chi connectivity index (χ2n) is 6.33. The van der Waals surface area contributed by atoms with Crippen LogP contribution in [0.3, 0.4) is 0 Å². The standard InChI is InChI=1S/C20H22N2O5S/c1-26-16-8-3-2-6-14(16)12-21-18(23)13-27-20(25)15-7-4-10-22(15)19(24)17-9-5-11-28-17/h2-3,5-6,8-9,11,15H,4,7,10,12-13H2,1H3,(H,21,23)/t15-/m0/s1. The van der Waals surface area contributed by atoms with Crippen LogP contribution in [-0.2, 0) is 20.9 Å². The summed E-state index contributed by atoms with van der Waals surface area (Å²) in [6.45, 7) is 0.398. The number of methoxy groups -OCH3 is 1. The van der Waals surface area contributed by atoms with Gasteiger partial charge in [0.05, 0.1) is 12.0 Å². The first-order valence-corrected chi connectivity index (χ1v) is 9.88. The maximum Gasteiger partial charge on any atom is 0.329 e. The van der Waals surface area contributed by atoms with E-state index < -0.39 is 17.9 Å². The van der Waals surface area contributed by atoms with Gasteiger partial charge in [-0.2, -0.15) is 0 Å². The molecule has 1 fully saturated rings. The third kappa shape index (κ3) is 4.69. The average molecular weight is 402 g/mol. The molecule has 1 atom stereocenters. The second-order valence-corrected chi connectivity index (χ2v) is 7.28. The molecule has 1 aliphatic heterocycles. The average Bonchev–Trinajstić information content (AvgIpc) is 3.42. The summed E-state index contributed by atoms with van der Waals surface area (Å²) in [6, 6.07) is 10.2. The smallest absolute Gasteiger partial charge is 0.329 e. The van der Waals surface area contributed by atoms with Crippen molar-refractivity contribution in [3.05, 3.63) is 52.2 Å². The lowest BCUT2D eigenvalue weighted by molar-refractivity contribution is -0.152. The van der Waals surface area contributed by atoms with Gasteiger partial charge in [0.15, 0.2) is 6.61 Å². The lowest BCUT2D eigenvalue weighted by Gasteiger charge is -2.22. The van der Waals surface area contributed by atoms with Gasteiger partial charge in [-0.3, -0.25) is 9.59 Å². The molecule has 2 amide bonds. The van der Waals surface area contributed by atoms with Crippen LogP contribution in [0.1, 0.15) is 28.1 Å². The van der Waals surface area contributed by atoms with E-state index >= 15 is 0 Å². The Morgan fingerprint density at radius 2 is 2.04 bits per heavy atom. The molecule has 1 aromatic heterocycles. The van der Waals surface area contributed by atoms with Gasteiger partial charge in [-0.05, 0) is 30.4 Å². The van der Waals surface area contributed by atoms with Crippen molar-refractivity contribution in [2.24, 2.45) is 0 Å². The van der Waals surface area contributed by atoms with Crippen LogP contribution in [0.25, 0.3) is 0 Å². The van der Waals surface area contributed by atoms with Gasteiger partial charge in [-0.1, -0.05) is 24.3 Å². The zero-order valence-electron chi connectivity index (χ0n) is 15.6. The predicted molar refractivity (Wildman–Crippen MR) is 104 cm³/mol. The summed E-state index contributed by atoms with van der Waals surface area (Å²) in [6.07, 6.45) is 1.27. The van der Waals surface area contributed by atoms with Gasteiger partial charge in [-0.15, -0.1) is 11.3 Å². The largest absolute Gasteiger partial charge is 0.496 e. The molecule has 0 saturated carbocycles. The summed E-state index contributed by atoms with van der Waals surface area (Å²) in [5.74, 6) is -0.452. The molecule has 0 bridgehead atoms. The maximum atomic E-state index is 12.5. The highest BCUT2D eigenvalue weighted by molar-refractivity contribution is 7.12. The summed E-state index contributed by atoms with van der Waals surface area (Å²) < 4.78 is 10.4. The van der Waals surface area contributed by atoms with Crippen LogP contribution < -0.4 is 10.1 Å². The Balaban J connectivity index is 1.49. The molecular formula is C20H22N2O5S. The molecule has 1 saturated heterocycles. The van der Waals surface area contributed by atoms with Gasteiger partial charge in [-0.25, -0.2) is 4.79 Å². The van der Waals surface area contributed by atoms with Crippen molar-refractivity contribution in [2.45, 2.75) is 25.4 Å². The lowest BCUT2D eigenvalue weighted by Crippen LogP contribution is -2.42. The minimum atomic E-state index is -0.642. The zero-order chi connectivity index (χ0) is 19.9. The quantitative estimate of drug-likeness (QED) is 0.718. The molecule has 28 heavy (non-hydrogen) atoms. The molecule has 2 heterocycles. The summed E-state index contributed by atoms with van der Waals surface area (Å²) in [7, 11) is 1.56. The number of nitrogens with one attached hydrogen (secondary N) is 1. The van der Waals surface area contributed by atoms with Crippen LogP contribution in [0.2, 0.25) is 0 Å². The van der Waals surface area contributed by atoms with E-state index in [-0.39, 0.29) is 19.1 Å². The molecule has 148 valence electrons. The first-order chi connectivity index (χ1) is 13.6. The highest BCUT2D eigenvalue weighted by Gasteiger charge is 2.36. The van der Waals surface area contributed by atoms with Crippen LogP contribution in [0.5, 0.6) is 5.75 Å². The van der Waals surface area contributed by atoms with Crippen molar-refractivity contribution >= 4 is 29.1 Å². The normalized spacial score (nSPS) is 15.9. The Morgan fingerprint density at radius 1 is 1.21 bits per heavy atom.